The third-order valence-corrected chi connectivity index (χ3v) is 4.63. The van der Waals surface area contributed by atoms with E-state index in [0.717, 1.165) is 12.0 Å². The van der Waals surface area contributed by atoms with Gasteiger partial charge >= 0.3 is 0 Å². The Kier molecular flexibility index (Phi) is 3.69. The van der Waals surface area contributed by atoms with Crippen molar-refractivity contribution in [2.24, 2.45) is 0 Å². The van der Waals surface area contributed by atoms with Crippen LogP contribution in [0.4, 0.5) is 5.95 Å². The number of aromatic nitrogens is 2. The van der Waals surface area contributed by atoms with Crippen molar-refractivity contribution < 1.29 is 0 Å². The van der Waals surface area contributed by atoms with Crippen LogP contribution in [-0.4, -0.2) is 48.1 Å². The first-order valence-electron chi connectivity index (χ1n) is 7.47. The van der Waals surface area contributed by atoms with Gasteiger partial charge in [-0.3, -0.25) is 0 Å². The Morgan fingerprint density at radius 3 is 2.16 bits per heavy atom. The molecule has 104 valence electrons. The summed E-state index contributed by atoms with van der Waals surface area (Å²) in [5.74, 6) is 1.48. The van der Waals surface area contributed by atoms with E-state index in [0.29, 0.717) is 5.92 Å². The zero-order chi connectivity index (χ0) is 13.2. The van der Waals surface area contributed by atoms with Gasteiger partial charge in [-0.1, -0.05) is 0 Å². The number of anilines is 1. The average Bonchev–Trinajstić information content (AvgIpc) is 2.38. The minimum atomic E-state index is 0.675. The summed E-state index contributed by atoms with van der Waals surface area (Å²) >= 11 is 0. The molecule has 0 unspecified atom stereocenters. The predicted octanol–water partition coefficient (Wildman–Crippen LogP) is 2.27. The lowest BCUT2D eigenvalue weighted by Gasteiger charge is -2.42. The summed E-state index contributed by atoms with van der Waals surface area (Å²) in [6, 6.07) is 0.854. The van der Waals surface area contributed by atoms with E-state index in [1.807, 2.05) is 31.4 Å². The summed E-state index contributed by atoms with van der Waals surface area (Å²) < 4.78 is 0. The normalized spacial score (nSPS) is 27.9. The van der Waals surface area contributed by atoms with Crippen LogP contribution in [0.1, 0.15) is 43.6 Å². The maximum Gasteiger partial charge on any atom is 0.224 e. The van der Waals surface area contributed by atoms with Gasteiger partial charge in [0.2, 0.25) is 5.95 Å². The van der Waals surface area contributed by atoms with Crippen LogP contribution in [0.15, 0.2) is 12.4 Å². The van der Waals surface area contributed by atoms with Gasteiger partial charge in [0.05, 0.1) is 0 Å². The molecule has 0 aromatic carbocycles. The molecule has 1 saturated heterocycles. The molecule has 19 heavy (non-hydrogen) atoms. The molecule has 2 heterocycles. The van der Waals surface area contributed by atoms with Gasteiger partial charge in [0.25, 0.3) is 0 Å². The highest BCUT2D eigenvalue weighted by Crippen LogP contribution is 2.35. The molecule has 0 N–H and O–H groups in total. The molecule has 1 aliphatic carbocycles. The van der Waals surface area contributed by atoms with E-state index in [1.54, 1.807) is 0 Å². The molecular weight excluding hydrogens is 236 g/mol. The number of nitrogens with zero attached hydrogens (tertiary/aromatic N) is 4. The molecule has 0 radical (unpaired) electrons. The van der Waals surface area contributed by atoms with Crippen molar-refractivity contribution in [3.63, 3.8) is 0 Å². The van der Waals surface area contributed by atoms with E-state index in [1.165, 1.54) is 50.8 Å². The van der Waals surface area contributed by atoms with E-state index < -0.39 is 0 Å². The van der Waals surface area contributed by atoms with Gasteiger partial charge < -0.3 is 9.80 Å². The maximum absolute atomic E-state index is 4.44. The molecule has 0 spiro atoms. The van der Waals surface area contributed by atoms with E-state index in [-0.39, 0.29) is 0 Å². The lowest BCUT2D eigenvalue weighted by atomic mass is 9.81. The summed E-state index contributed by atoms with van der Waals surface area (Å²) in [5.41, 5.74) is 1.33. The fraction of sp³-hybridized carbons (Fsp3) is 0.733. The SMILES string of the molecule is CN(C)c1ncc(C2CCC(N3CCC3)CC2)cn1. The second kappa shape index (κ2) is 5.45. The van der Waals surface area contributed by atoms with E-state index in [4.69, 9.17) is 0 Å². The monoisotopic (exact) mass is 260 g/mol. The highest BCUT2D eigenvalue weighted by Gasteiger charge is 2.29. The smallest absolute Gasteiger partial charge is 0.224 e. The van der Waals surface area contributed by atoms with Crippen LogP contribution in [0.5, 0.6) is 0 Å². The number of hydrogen-bond donors (Lipinski definition) is 0. The molecule has 3 rings (SSSR count). The maximum atomic E-state index is 4.44. The number of rotatable bonds is 3. The lowest BCUT2D eigenvalue weighted by molar-refractivity contribution is 0.0869. The molecule has 1 aliphatic heterocycles. The Hall–Kier alpha value is -1.16. The summed E-state index contributed by atoms with van der Waals surface area (Å²) in [7, 11) is 3.96. The van der Waals surface area contributed by atoms with Crippen molar-refractivity contribution in [2.75, 3.05) is 32.1 Å². The van der Waals surface area contributed by atoms with Gasteiger partial charge in [0.1, 0.15) is 0 Å². The lowest BCUT2D eigenvalue weighted by Crippen LogP contribution is -2.46. The van der Waals surface area contributed by atoms with Crippen LogP contribution >= 0.6 is 0 Å². The first-order chi connectivity index (χ1) is 9.24. The van der Waals surface area contributed by atoms with Crippen LogP contribution in [0, 0.1) is 0 Å². The summed E-state index contributed by atoms with van der Waals surface area (Å²) in [6.45, 7) is 2.66. The number of likely N-dealkylation sites (tertiary alicyclic amines) is 1. The summed E-state index contributed by atoms with van der Waals surface area (Å²) in [6.07, 6.45) is 10.7. The third-order valence-electron chi connectivity index (χ3n) is 4.63. The van der Waals surface area contributed by atoms with Gasteiger partial charge in [-0.25, -0.2) is 9.97 Å². The van der Waals surface area contributed by atoms with Gasteiger partial charge in [-0.2, -0.15) is 0 Å². The summed E-state index contributed by atoms with van der Waals surface area (Å²) in [4.78, 5) is 13.5. The van der Waals surface area contributed by atoms with Crippen molar-refractivity contribution in [3.05, 3.63) is 18.0 Å². The van der Waals surface area contributed by atoms with Crippen molar-refractivity contribution in [2.45, 2.75) is 44.1 Å². The van der Waals surface area contributed by atoms with E-state index in [9.17, 15) is 0 Å². The fourth-order valence-electron chi connectivity index (χ4n) is 3.25. The molecule has 1 aromatic heterocycles. The topological polar surface area (TPSA) is 32.3 Å². The molecule has 4 heteroatoms. The van der Waals surface area contributed by atoms with E-state index >= 15 is 0 Å². The standard InChI is InChI=1S/C15H24N4/c1-18(2)15-16-10-13(11-17-15)12-4-6-14(7-5-12)19-8-3-9-19/h10-12,14H,3-9H2,1-2H3. The third kappa shape index (κ3) is 2.73. The molecular formula is C15H24N4. The average molecular weight is 260 g/mol. The molecule has 0 atom stereocenters. The number of hydrogen-bond acceptors (Lipinski definition) is 4. The van der Waals surface area contributed by atoms with Gasteiger partial charge in [-0.05, 0) is 56.7 Å². The quantitative estimate of drug-likeness (QED) is 0.834. The van der Waals surface area contributed by atoms with Gasteiger partial charge in [0, 0.05) is 32.5 Å². The molecule has 0 bridgehead atoms. The first kappa shape index (κ1) is 12.9. The molecule has 1 aromatic rings. The minimum Gasteiger partial charge on any atom is -0.347 e. The van der Waals surface area contributed by atoms with Crippen LogP contribution in [0.25, 0.3) is 0 Å². The van der Waals surface area contributed by atoms with Crippen LogP contribution in [-0.2, 0) is 0 Å². The Bertz CT molecular complexity index is 403. The Balaban J connectivity index is 1.58. The van der Waals surface area contributed by atoms with E-state index in [2.05, 4.69) is 14.9 Å². The largest absolute Gasteiger partial charge is 0.347 e. The minimum absolute atomic E-state index is 0.675. The first-order valence-corrected chi connectivity index (χ1v) is 7.47. The molecule has 2 fully saturated rings. The second-order valence-electron chi connectivity index (χ2n) is 6.11. The predicted molar refractivity (Wildman–Crippen MR) is 77.5 cm³/mol. The van der Waals surface area contributed by atoms with Crippen LogP contribution in [0.2, 0.25) is 0 Å². The Morgan fingerprint density at radius 1 is 1.05 bits per heavy atom. The van der Waals surface area contributed by atoms with Crippen molar-refractivity contribution in [3.8, 4) is 0 Å². The highest BCUT2D eigenvalue weighted by molar-refractivity contribution is 5.27. The van der Waals surface area contributed by atoms with Crippen molar-refractivity contribution >= 4 is 5.95 Å². The zero-order valence-electron chi connectivity index (χ0n) is 12.0. The highest BCUT2D eigenvalue weighted by atomic mass is 15.2. The molecule has 2 aliphatic rings. The summed E-state index contributed by atoms with van der Waals surface area (Å²) in [5, 5.41) is 0. The van der Waals surface area contributed by atoms with Gasteiger partial charge in [-0.15, -0.1) is 0 Å². The zero-order valence-corrected chi connectivity index (χ0v) is 12.0. The van der Waals surface area contributed by atoms with Crippen molar-refractivity contribution in [1.82, 2.24) is 14.9 Å². The molecule has 4 nitrogen and oxygen atoms in total. The Labute approximate surface area is 115 Å². The van der Waals surface area contributed by atoms with Crippen molar-refractivity contribution in [1.29, 1.82) is 0 Å². The molecule has 0 amide bonds. The van der Waals surface area contributed by atoms with Crippen LogP contribution < -0.4 is 4.90 Å². The fourth-order valence-corrected chi connectivity index (χ4v) is 3.25. The molecule has 1 saturated carbocycles. The second-order valence-corrected chi connectivity index (χ2v) is 6.11. The Morgan fingerprint density at radius 2 is 1.68 bits per heavy atom. The van der Waals surface area contributed by atoms with Gasteiger partial charge in [0.15, 0.2) is 0 Å². The van der Waals surface area contributed by atoms with Crippen LogP contribution in [0.3, 0.4) is 0 Å².